The first-order valence-corrected chi connectivity index (χ1v) is 8.61. The van der Waals surface area contributed by atoms with Crippen LogP contribution >= 0.6 is 0 Å². The minimum Gasteiger partial charge on any atom is -0.467 e. The Labute approximate surface area is 164 Å². The number of fused-ring (bicyclic) bond motifs is 1. The number of nitrogen functional groups attached to an aromatic ring is 1. The third-order valence-electron chi connectivity index (χ3n) is 4.01. The van der Waals surface area contributed by atoms with Crippen LogP contribution in [0.25, 0.3) is 11.2 Å². The van der Waals surface area contributed by atoms with Crippen molar-refractivity contribution in [3.8, 4) is 0 Å². The number of ether oxygens (including phenoxy) is 1. The normalized spacial score (nSPS) is 11.7. The number of methoxy groups -OCH3 is 1. The molecule has 1 atom stereocenters. The quantitative estimate of drug-likeness (QED) is 0.425. The van der Waals surface area contributed by atoms with Crippen molar-refractivity contribution in [3.63, 3.8) is 0 Å². The van der Waals surface area contributed by atoms with E-state index >= 15 is 0 Å². The smallest absolute Gasteiger partial charge is 0.328 e. The monoisotopic (exact) mass is 397 g/mol. The van der Waals surface area contributed by atoms with Crippen LogP contribution < -0.4 is 21.9 Å². The molecule has 0 bridgehead atoms. The Morgan fingerprint density at radius 2 is 1.97 bits per heavy atom. The molecule has 5 N–H and O–H groups in total. The molecule has 0 unspecified atom stereocenters. The zero-order chi connectivity index (χ0) is 21.0. The Morgan fingerprint density at radius 1 is 1.24 bits per heavy atom. The Kier molecular flexibility index (Phi) is 5.67. The van der Waals surface area contributed by atoms with Gasteiger partial charge < -0.3 is 21.1 Å². The summed E-state index contributed by atoms with van der Waals surface area (Å²) < 4.78 is 4.58. The number of rotatable bonds is 6. The number of anilines is 2. The molecule has 150 valence electrons. The molecule has 0 aliphatic heterocycles. The first-order valence-electron chi connectivity index (χ1n) is 8.61. The largest absolute Gasteiger partial charge is 0.467 e. The number of hydrogen-bond acceptors (Lipinski definition) is 9. The van der Waals surface area contributed by atoms with E-state index in [0.717, 1.165) is 5.69 Å². The van der Waals surface area contributed by atoms with Gasteiger partial charge in [-0.15, -0.1) is 0 Å². The Bertz CT molecular complexity index is 1110. The van der Waals surface area contributed by atoms with Gasteiger partial charge >= 0.3 is 5.97 Å². The van der Waals surface area contributed by atoms with Crippen LogP contribution in [0, 0.1) is 0 Å². The molecule has 0 fully saturated rings. The zero-order valence-corrected chi connectivity index (χ0v) is 15.7. The highest BCUT2D eigenvalue weighted by molar-refractivity contribution is 5.96. The summed E-state index contributed by atoms with van der Waals surface area (Å²) in [6, 6.07) is 5.91. The second-order valence-electron chi connectivity index (χ2n) is 6.13. The second-order valence-corrected chi connectivity index (χ2v) is 6.13. The van der Waals surface area contributed by atoms with Crippen LogP contribution in [-0.2, 0) is 16.1 Å². The molecule has 0 saturated heterocycles. The van der Waals surface area contributed by atoms with Crippen molar-refractivity contribution in [2.45, 2.75) is 19.5 Å². The number of nitrogens with two attached hydrogens (primary N) is 1. The van der Waals surface area contributed by atoms with E-state index in [4.69, 9.17) is 5.73 Å². The van der Waals surface area contributed by atoms with Crippen molar-refractivity contribution in [2.24, 2.45) is 0 Å². The number of H-pyrrole nitrogens is 1. The number of amides is 1. The lowest BCUT2D eigenvalue weighted by Gasteiger charge is -2.12. The third-order valence-corrected chi connectivity index (χ3v) is 4.01. The topological polar surface area (TPSA) is 165 Å². The van der Waals surface area contributed by atoms with Crippen LogP contribution in [-0.4, -0.2) is 45.0 Å². The van der Waals surface area contributed by atoms with E-state index in [1.165, 1.54) is 13.3 Å². The highest BCUT2D eigenvalue weighted by Crippen LogP contribution is 2.12. The number of esters is 1. The summed E-state index contributed by atoms with van der Waals surface area (Å²) in [4.78, 5) is 50.1. The Morgan fingerprint density at radius 3 is 2.66 bits per heavy atom. The molecule has 1 aromatic carbocycles. The van der Waals surface area contributed by atoms with Gasteiger partial charge in [-0.3, -0.25) is 14.6 Å². The van der Waals surface area contributed by atoms with E-state index < -0.39 is 17.6 Å². The molecule has 2 heterocycles. The van der Waals surface area contributed by atoms with Crippen molar-refractivity contribution in [1.29, 1.82) is 0 Å². The molecule has 2 aromatic heterocycles. The fourth-order valence-electron chi connectivity index (χ4n) is 2.50. The summed E-state index contributed by atoms with van der Waals surface area (Å²) in [6.07, 6.45) is 1.50. The lowest BCUT2D eigenvalue weighted by Crippen LogP contribution is -2.39. The predicted octanol–water partition coefficient (Wildman–Crippen LogP) is 0.199. The van der Waals surface area contributed by atoms with Crippen LogP contribution in [0.2, 0.25) is 0 Å². The van der Waals surface area contributed by atoms with Crippen molar-refractivity contribution in [2.75, 3.05) is 18.2 Å². The predicted molar refractivity (Wildman–Crippen MR) is 105 cm³/mol. The molecule has 1 amide bonds. The summed E-state index contributed by atoms with van der Waals surface area (Å²) in [5, 5.41) is 5.68. The van der Waals surface area contributed by atoms with Gasteiger partial charge in [-0.1, -0.05) is 0 Å². The van der Waals surface area contributed by atoms with E-state index in [0.29, 0.717) is 17.8 Å². The fraction of sp³-hybridized carbons (Fsp3) is 0.222. The summed E-state index contributed by atoms with van der Waals surface area (Å²) in [5.41, 5.74) is 6.95. The minimum atomic E-state index is -0.746. The number of nitrogens with one attached hydrogen (secondary N) is 3. The van der Waals surface area contributed by atoms with Gasteiger partial charge in [0.25, 0.3) is 11.5 Å². The van der Waals surface area contributed by atoms with E-state index in [1.54, 1.807) is 31.2 Å². The maximum Gasteiger partial charge on any atom is 0.328 e. The maximum absolute atomic E-state index is 12.1. The number of carbonyl (C=O) groups is 2. The van der Waals surface area contributed by atoms with Crippen molar-refractivity contribution < 1.29 is 14.3 Å². The van der Waals surface area contributed by atoms with E-state index in [9.17, 15) is 14.4 Å². The number of nitrogens with zero attached hydrogens (tertiary/aromatic N) is 3. The lowest BCUT2D eigenvalue weighted by molar-refractivity contribution is -0.142. The number of aromatic nitrogens is 4. The average molecular weight is 397 g/mol. The van der Waals surface area contributed by atoms with Gasteiger partial charge in [0.15, 0.2) is 11.2 Å². The first kappa shape index (κ1) is 19.7. The molecule has 11 heteroatoms. The molecule has 0 aliphatic carbocycles. The maximum atomic E-state index is 12.1. The SMILES string of the molecule is COC(=O)[C@H](C)NC(=O)c1ccc(NCc2cnc3nc(N)[nH]c(=O)c3n2)cc1. The minimum absolute atomic E-state index is 0.0206. The molecule has 0 aliphatic rings. The number of carbonyl (C=O) groups excluding carboxylic acids is 2. The summed E-state index contributed by atoms with van der Waals surface area (Å²) in [7, 11) is 1.26. The fourth-order valence-corrected chi connectivity index (χ4v) is 2.50. The number of benzene rings is 1. The van der Waals surface area contributed by atoms with Crippen LogP contribution in [0.15, 0.2) is 35.3 Å². The van der Waals surface area contributed by atoms with E-state index in [-0.39, 0.29) is 23.0 Å². The van der Waals surface area contributed by atoms with E-state index in [2.05, 4.69) is 35.3 Å². The molecule has 11 nitrogen and oxygen atoms in total. The van der Waals surface area contributed by atoms with Crippen LogP contribution in [0.1, 0.15) is 23.0 Å². The van der Waals surface area contributed by atoms with Crippen molar-refractivity contribution in [3.05, 3.63) is 52.1 Å². The number of hydrogen-bond donors (Lipinski definition) is 4. The molecule has 0 spiro atoms. The summed E-state index contributed by atoms with van der Waals surface area (Å²) >= 11 is 0. The lowest BCUT2D eigenvalue weighted by atomic mass is 10.2. The van der Waals surface area contributed by atoms with E-state index in [1.807, 2.05) is 0 Å². The van der Waals surface area contributed by atoms with Crippen LogP contribution in [0.4, 0.5) is 11.6 Å². The molecule has 3 aromatic rings. The van der Waals surface area contributed by atoms with Gasteiger partial charge in [0.1, 0.15) is 6.04 Å². The molecule has 0 saturated carbocycles. The zero-order valence-electron chi connectivity index (χ0n) is 15.7. The standard InChI is InChI=1S/C18H19N7O4/c1-9(17(28)29-2)22-15(26)10-3-5-11(6-4-10)20-7-12-8-21-14-13(23-12)16(27)25-18(19)24-14/h3-6,8-9,20H,7H2,1-2H3,(H,22,26)(H3,19,21,24,25,27)/t9-/m0/s1. The molecule has 29 heavy (non-hydrogen) atoms. The molecule has 3 rings (SSSR count). The Balaban J connectivity index is 1.64. The third kappa shape index (κ3) is 4.64. The van der Waals surface area contributed by atoms with Gasteiger partial charge in [-0.2, -0.15) is 4.98 Å². The van der Waals surface area contributed by atoms with Gasteiger partial charge in [-0.05, 0) is 31.2 Å². The number of aromatic amines is 1. The van der Waals surface area contributed by atoms with Gasteiger partial charge in [0.05, 0.1) is 25.5 Å². The molecule has 0 radical (unpaired) electrons. The van der Waals surface area contributed by atoms with Crippen LogP contribution in [0.3, 0.4) is 0 Å². The second kappa shape index (κ2) is 8.33. The van der Waals surface area contributed by atoms with Gasteiger partial charge in [-0.25, -0.2) is 14.8 Å². The van der Waals surface area contributed by atoms with Crippen molar-refractivity contribution >= 4 is 34.7 Å². The van der Waals surface area contributed by atoms with Gasteiger partial charge in [0, 0.05) is 11.3 Å². The van der Waals surface area contributed by atoms with Gasteiger partial charge in [0.2, 0.25) is 5.95 Å². The summed E-state index contributed by atoms with van der Waals surface area (Å²) in [6.45, 7) is 1.84. The highest BCUT2D eigenvalue weighted by Gasteiger charge is 2.16. The first-order chi connectivity index (χ1) is 13.9. The average Bonchev–Trinajstić information content (AvgIpc) is 2.72. The van der Waals surface area contributed by atoms with Crippen LogP contribution in [0.5, 0.6) is 0 Å². The summed E-state index contributed by atoms with van der Waals surface area (Å²) in [5.74, 6) is -0.932. The van der Waals surface area contributed by atoms with Crippen molar-refractivity contribution in [1.82, 2.24) is 25.3 Å². The molecular formula is C18H19N7O4. The Hall–Kier alpha value is -4.02. The molecular weight excluding hydrogens is 378 g/mol. The highest BCUT2D eigenvalue weighted by atomic mass is 16.5.